The molecule has 1 aliphatic carbocycles. The summed E-state index contributed by atoms with van der Waals surface area (Å²) in [6, 6.07) is 3.97. The molecular weight excluding hydrogens is 222 g/mol. The largest absolute Gasteiger partial charge is 0.491 e. The molecule has 1 aromatic carbocycles. The van der Waals surface area contributed by atoms with Crippen molar-refractivity contribution in [2.24, 2.45) is 0 Å². The van der Waals surface area contributed by atoms with Gasteiger partial charge in [0.25, 0.3) is 0 Å². The molecule has 0 heterocycles. The first-order valence-corrected chi connectivity index (χ1v) is 5.30. The molecule has 1 aliphatic rings. The van der Waals surface area contributed by atoms with E-state index in [9.17, 15) is 4.39 Å². The summed E-state index contributed by atoms with van der Waals surface area (Å²) in [5.74, 6) is -0.310. The Kier molecular flexibility index (Phi) is 3.61. The highest BCUT2D eigenvalue weighted by molar-refractivity contribution is 6.58. The van der Waals surface area contributed by atoms with E-state index < -0.39 is 12.9 Å². The van der Waals surface area contributed by atoms with E-state index in [1.54, 1.807) is 0 Å². The Hall–Kier alpha value is -1.59. The second-order valence-electron chi connectivity index (χ2n) is 3.80. The third-order valence-corrected chi connectivity index (χ3v) is 2.52. The normalized spacial score (nSPS) is 13.7. The van der Waals surface area contributed by atoms with Crippen LogP contribution in [0.25, 0.3) is 0 Å². The van der Waals surface area contributed by atoms with Gasteiger partial charge in [-0.2, -0.15) is 0 Å². The highest BCUT2D eigenvalue weighted by Gasteiger charge is 2.16. The Morgan fingerprint density at radius 3 is 2.76 bits per heavy atom. The second kappa shape index (κ2) is 5.16. The number of rotatable bonds is 4. The van der Waals surface area contributed by atoms with Crippen LogP contribution in [-0.2, 0) is 0 Å². The van der Waals surface area contributed by atoms with Gasteiger partial charge in [-0.15, -0.1) is 0 Å². The molecule has 0 bridgehead atoms. The summed E-state index contributed by atoms with van der Waals surface area (Å²) < 4.78 is 18.8. The van der Waals surface area contributed by atoms with Crippen molar-refractivity contribution in [1.29, 1.82) is 0 Å². The van der Waals surface area contributed by atoms with Crippen molar-refractivity contribution in [3.63, 3.8) is 0 Å². The van der Waals surface area contributed by atoms with Crippen molar-refractivity contribution < 1.29 is 19.2 Å². The van der Waals surface area contributed by atoms with E-state index in [0.29, 0.717) is 12.4 Å². The van der Waals surface area contributed by atoms with E-state index in [1.807, 2.05) is 18.2 Å². The first-order chi connectivity index (χ1) is 8.16. The molecule has 0 aromatic heterocycles. The third kappa shape index (κ3) is 2.96. The summed E-state index contributed by atoms with van der Waals surface area (Å²) >= 11 is 0. The number of ether oxygens (including phenoxy) is 1. The van der Waals surface area contributed by atoms with Gasteiger partial charge in [-0.3, -0.25) is 0 Å². The van der Waals surface area contributed by atoms with Gasteiger partial charge in [0.2, 0.25) is 0 Å². The first kappa shape index (κ1) is 11.9. The summed E-state index contributed by atoms with van der Waals surface area (Å²) in [6.07, 6.45) is 6.78. The van der Waals surface area contributed by atoms with E-state index >= 15 is 0 Å². The zero-order chi connectivity index (χ0) is 12.3. The maximum Gasteiger partial charge on any atom is 0.491 e. The maximum atomic E-state index is 13.4. The lowest BCUT2D eigenvalue weighted by Crippen LogP contribution is -2.32. The second-order valence-corrected chi connectivity index (χ2v) is 3.80. The molecular formula is C12H12BFO3. The smallest absolute Gasteiger partial charge is 0.489 e. The fourth-order valence-electron chi connectivity index (χ4n) is 1.58. The van der Waals surface area contributed by atoms with Crippen LogP contribution in [0.2, 0.25) is 0 Å². The van der Waals surface area contributed by atoms with Crippen LogP contribution >= 0.6 is 0 Å². The van der Waals surface area contributed by atoms with Gasteiger partial charge in [0.05, 0.1) is 0 Å². The molecule has 3 nitrogen and oxygen atoms in total. The molecule has 1 aromatic rings. The molecule has 0 saturated carbocycles. The number of benzene rings is 1. The molecule has 2 rings (SSSR count). The lowest BCUT2D eigenvalue weighted by atomic mass is 9.80. The van der Waals surface area contributed by atoms with Crippen LogP contribution in [0.15, 0.2) is 42.0 Å². The van der Waals surface area contributed by atoms with Crippen molar-refractivity contribution in [2.45, 2.75) is 6.42 Å². The van der Waals surface area contributed by atoms with E-state index in [-0.39, 0.29) is 5.46 Å². The molecule has 0 fully saturated rings. The van der Waals surface area contributed by atoms with Gasteiger partial charge in [0.15, 0.2) is 0 Å². The van der Waals surface area contributed by atoms with E-state index in [2.05, 4.69) is 0 Å². The Bertz CT molecular complexity index is 469. The van der Waals surface area contributed by atoms with Gasteiger partial charge >= 0.3 is 7.12 Å². The molecule has 17 heavy (non-hydrogen) atoms. The van der Waals surface area contributed by atoms with Crippen LogP contribution in [0.4, 0.5) is 4.39 Å². The molecule has 0 aliphatic heterocycles. The number of hydrogen-bond donors (Lipinski definition) is 2. The predicted octanol–water partition coefficient (Wildman–Crippen LogP) is 0.771. The summed E-state index contributed by atoms with van der Waals surface area (Å²) in [6.45, 7) is 0.410. The van der Waals surface area contributed by atoms with E-state index in [0.717, 1.165) is 18.1 Å². The summed E-state index contributed by atoms with van der Waals surface area (Å²) in [5, 5.41) is 17.7. The van der Waals surface area contributed by atoms with Crippen LogP contribution in [0, 0.1) is 5.82 Å². The summed E-state index contributed by atoms with van der Waals surface area (Å²) in [4.78, 5) is 0. The van der Waals surface area contributed by atoms with E-state index in [1.165, 1.54) is 12.1 Å². The van der Waals surface area contributed by atoms with Crippen molar-refractivity contribution in [3.05, 3.63) is 47.8 Å². The predicted molar refractivity (Wildman–Crippen MR) is 63.6 cm³/mol. The van der Waals surface area contributed by atoms with Crippen LogP contribution in [0.5, 0.6) is 5.75 Å². The number of hydrogen-bond acceptors (Lipinski definition) is 3. The number of halogens is 1. The van der Waals surface area contributed by atoms with Crippen molar-refractivity contribution >= 4 is 12.6 Å². The minimum Gasteiger partial charge on any atom is -0.489 e. The van der Waals surface area contributed by atoms with Crippen LogP contribution in [0.1, 0.15) is 6.42 Å². The van der Waals surface area contributed by atoms with Crippen molar-refractivity contribution in [2.75, 3.05) is 6.61 Å². The summed E-state index contributed by atoms with van der Waals surface area (Å²) in [5.41, 5.74) is 0.968. The lowest BCUT2D eigenvalue weighted by molar-refractivity contribution is 0.348. The molecule has 0 unspecified atom stereocenters. The monoisotopic (exact) mass is 234 g/mol. The van der Waals surface area contributed by atoms with Gasteiger partial charge < -0.3 is 14.8 Å². The Morgan fingerprint density at radius 2 is 2.18 bits per heavy atom. The topological polar surface area (TPSA) is 49.7 Å². The quantitative estimate of drug-likeness (QED) is 0.756. The molecule has 0 saturated heterocycles. The molecule has 2 N–H and O–H groups in total. The Labute approximate surface area is 99.0 Å². The average Bonchev–Trinajstić information content (AvgIpc) is 2.78. The van der Waals surface area contributed by atoms with Crippen molar-refractivity contribution in [3.8, 4) is 5.75 Å². The van der Waals surface area contributed by atoms with E-state index in [4.69, 9.17) is 14.8 Å². The number of allylic oxidation sites excluding steroid dienone is 3. The molecule has 0 radical (unpaired) electrons. The molecule has 0 spiro atoms. The lowest BCUT2D eigenvalue weighted by Gasteiger charge is -2.08. The highest BCUT2D eigenvalue weighted by Crippen LogP contribution is 2.15. The summed E-state index contributed by atoms with van der Waals surface area (Å²) in [7, 11) is -1.80. The molecule has 88 valence electrons. The zero-order valence-corrected chi connectivity index (χ0v) is 9.14. The fourth-order valence-corrected chi connectivity index (χ4v) is 1.58. The minimum absolute atomic E-state index is 0.154. The Balaban J connectivity index is 2.00. The maximum absolute atomic E-state index is 13.4. The van der Waals surface area contributed by atoms with Crippen LogP contribution in [-0.4, -0.2) is 23.8 Å². The van der Waals surface area contributed by atoms with Crippen LogP contribution < -0.4 is 10.2 Å². The highest BCUT2D eigenvalue weighted by atomic mass is 19.1. The molecule has 0 amide bonds. The van der Waals surface area contributed by atoms with Crippen molar-refractivity contribution in [1.82, 2.24) is 0 Å². The third-order valence-electron chi connectivity index (χ3n) is 2.52. The van der Waals surface area contributed by atoms with Crippen LogP contribution in [0.3, 0.4) is 0 Å². The van der Waals surface area contributed by atoms with Gasteiger partial charge in [-0.05, 0) is 18.1 Å². The standard InChI is InChI=1S/C12H12BFO3/c14-12-7-10(5-6-11(12)13(15)16)17-8-9-3-1-2-4-9/h1-3,5-7,15-16H,4,8H2. The molecule has 5 heteroatoms. The van der Waals surface area contributed by atoms with Gasteiger partial charge in [-0.25, -0.2) is 4.39 Å². The zero-order valence-electron chi connectivity index (χ0n) is 9.14. The van der Waals surface area contributed by atoms with Gasteiger partial charge in [0.1, 0.15) is 18.2 Å². The SMILES string of the molecule is OB(O)c1ccc(OCC2=CC=CC2)cc1F. The Morgan fingerprint density at radius 1 is 1.35 bits per heavy atom. The first-order valence-electron chi connectivity index (χ1n) is 5.30. The minimum atomic E-state index is -1.80. The average molecular weight is 234 g/mol. The van der Waals surface area contributed by atoms with Gasteiger partial charge in [-0.1, -0.05) is 24.3 Å². The fraction of sp³-hybridized carbons (Fsp3) is 0.167. The van der Waals surface area contributed by atoms with Gasteiger partial charge in [0, 0.05) is 11.5 Å². The molecule has 0 atom stereocenters.